The Balaban J connectivity index is 1.54. The van der Waals surface area contributed by atoms with E-state index in [1.807, 2.05) is 12.1 Å². The van der Waals surface area contributed by atoms with Gasteiger partial charge >= 0.3 is 12.0 Å². The summed E-state index contributed by atoms with van der Waals surface area (Å²) < 4.78 is 23.7. The number of esters is 1. The summed E-state index contributed by atoms with van der Waals surface area (Å²) in [6, 6.07) is 11.3. The Labute approximate surface area is 194 Å². The summed E-state index contributed by atoms with van der Waals surface area (Å²) in [5.41, 5.74) is 0.388. The predicted molar refractivity (Wildman–Crippen MR) is 118 cm³/mol. The Morgan fingerprint density at radius 2 is 1.88 bits per heavy atom. The van der Waals surface area contributed by atoms with E-state index in [0.717, 1.165) is 5.56 Å². The second-order valence-electron chi connectivity index (χ2n) is 7.75. The normalized spacial score (nSPS) is 14.9. The summed E-state index contributed by atoms with van der Waals surface area (Å²) in [5.74, 6) is -0.393. The molecule has 0 aliphatic heterocycles. The maximum atomic E-state index is 13.1. The van der Waals surface area contributed by atoms with E-state index in [9.17, 15) is 14.0 Å². The minimum absolute atomic E-state index is 0.179. The van der Waals surface area contributed by atoms with Gasteiger partial charge in [0.05, 0.1) is 12.6 Å². The van der Waals surface area contributed by atoms with Gasteiger partial charge in [0, 0.05) is 17.1 Å². The molecule has 172 valence electrons. The van der Waals surface area contributed by atoms with Crippen LogP contribution in [0.1, 0.15) is 43.1 Å². The number of benzene rings is 2. The molecule has 1 aliphatic rings. The molecule has 1 aliphatic carbocycles. The number of ether oxygens (including phenoxy) is 1. The van der Waals surface area contributed by atoms with Gasteiger partial charge in [-0.3, -0.25) is 4.79 Å². The fourth-order valence-electron chi connectivity index (χ4n) is 3.39. The molecule has 0 radical (unpaired) electrons. The lowest BCUT2D eigenvalue weighted by atomic mass is 10.1. The zero-order valence-corrected chi connectivity index (χ0v) is 18.6. The lowest BCUT2D eigenvalue weighted by Crippen LogP contribution is -2.34. The van der Waals surface area contributed by atoms with Crippen molar-refractivity contribution in [2.75, 3.05) is 11.9 Å². The quantitative estimate of drug-likeness (QED) is 0.465. The minimum Gasteiger partial charge on any atom is -0.465 e. The van der Waals surface area contributed by atoms with Crippen molar-refractivity contribution in [2.24, 2.45) is 0 Å². The molecular formula is C23H22ClFN4O4. The van der Waals surface area contributed by atoms with E-state index in [-0.39, 0.29) is 18.3 Å². The fraction of sp³-hybridized carbons (Fsp3) is 0.304. The molecule has 0 spiro atoms. The number of urea groups is 1. The van der Waals surface area contributed by atoms with E-state index >= 15 is 0 Å². The van der Waals surface area contributed by atoms with Crippen LogP contribution in [0.5, 0.6) is 0 Å². The van der Waals surface area contributed by atoms with Crippen molar-refractivity contribution in [1.82, 2.24) is 15.5 Å². The smallest absolute Gasteiger partial charge is 0.321 e. The monoisotopic (exact) mass is 472 g/mol. The third-order valence-electron chi connectivity index (χ3n) is 5.34. The number of nitrogens with zero attached hydrogens (tertiary/aromatic N) is 2. The number of anilines is 1. The van der Waals surface area contributed by atoms with Gasteiger partial charge in [-0.15, -0.1) is 0 Å². The Bertz CT molecular complexity index is 1130. The summed E-state index contributed by atoms with van der Waals surface area (Å²) in [5, 5.41) is 10.1. The number of halogens is 2. The largest absolute Gasteiger partial charge is 0.465 e. The first-order chi connectivity index (χ1) is 15.9. The molecule has 8 nitrogen and oxygen atoms in total. The summed E-state index contributed by atoms with van der Waals surface area (Å²) in [7, 11) is 0. The van der Waals surface area contributed by atoms with Crippen molar-refractivity contribution in [3.05, 3.63) is 76.6 Å². The maximum Gasteiger partial charge on any atom is 0.321 e. The van der Waals surface area contributed by atoms with E-state index in [2.05, 4.69) is 20.8 Å². The van der Waals surface area contributed by atoms with Crippen molar-refractivity contribution in [3.8, 4) is 0 Å². The van der Waals surface area contributed by atoms with E-state index in [1.54, 1.807) is 19.1 Å². The topological polar surface area (TPSA) is 106 Å². The molecule has 33 heavy (non-hydrogen) atoms. The van der Waals surface area contributed by atoms with Crippen molar-refractivity contribution in [3.63, 3.8) is 0 Å². The number of hydrogen-bond acceptors (Lipinski definition) is 6. The van der Waals surface area contributed by atoms with Gasteiger partial charge in [-0.05, 0) is 61.7 Å². The molecule has 4 rings (SSSR count). The van der Waals surface area contributed by atoms with Crippen LogP contribution in [-0.2, 0) is 21.4 Å². The van der Waals surface area contributed by atoms with Crippen LogP contribution in [0.2, 0.25) is 5.02 Å². The van der Waals surface area contributed by atoms with Gasteiger partial charge in [0.2, 0.25) is 5.89 Å². The highest BCUT2D eigenvalue weighted by atomic mass is 35.5. The average Bonchev–Trinajstić information content (AvgIpc) is 3.46. The second kappa shape index (κ2) is 9.58. The van der Waals surface area contributed by atoms with Crippen LogP contribution in [-0.4, -0.2) is 28.7 Å². The van der Waals surface area contributed by atoms with Gasteiger partial charge in [0.25, 0.3) is 0 Å². The van der Waals surface area contributed by atoms with E-state index in [4.69, 9.17) is 20.9 Å². The lowest BCUT2D eigenvalue weighted by Gasteiger charge is -2.16. The average molecular weight is 473 g/mol. The summed E-state index contributed by atoms with van der Waals surface area (Å²) in [4.78, 5) is 29.4. The Hall–Kier alpha value is -3.46. The lowest BCUT2D eigenvalue weighted by molar-refractivity contribution is -0.146. The highest BCUT2D eigenvalue weighted by Crippen LogP contribution is 2.48. The van der Waals surface area contributed by atoms with E-state index in [1.165, 1.54) is 24.3 Å². The highest BCUT2D eigenvalue weighted by Gasteiger charge is 2.57. The number of hydrogen-bond donors (Lipinski definition) is 2. The maximum absolute atomic E-state index is 13.1. The summed E-state index contributed by atoms with van der Waals surface area (Å²) in [6.07, 6.45) is 1.47. The van der Waals surface area contributed by atoms with Crippen LogP contribution in [0.25, 0.3) is 0 Å². The number of amides is 2. The van der Waals surface area contributed by atoms with Gasteiger partial charge in [-0.2, -0.15) is 4.98 Å². The molecule has 2 amide bonds. The van der Waals surface area contributed by atoms with Crippen molar-refractivity contribution in [1.29, 1.82) is 0 Å². The van der Waals surface area contributed by atoms with Crippen LogP contribution in [0.3, 0.4) is 0 Å². The van der Waals surface area contributed by atoms with Crippen molar-refractivity contribution >= 4 is 29.3 Å². The molecule has 1 heterocycles. The summed E-state index contributed by atoms with van der Waals surface area (Å²) in [6.45, 7) is 1.99. The number of carbonyl (C=O) groups is 2. The Morgan fingerprint density at radius 1 is 1.18 bits per heavy atom. The molecular weight excluding hydrogens is 451 g/mol. The van der Waals surface area contributed by atoms with Crippen LogP contribution in [0.4, 0.5) is 14.9 Å². The van der Waals surface area contributed by atoms with Crippen LogP contribution in [0, 0.1) is 5.82 Å². The van der Waals surface area contributed by atoms with Gasteiger partial charge in [-0.1, -0.05) is 28.9 Å². The molecule has 1 fully saturated rings. The summed E-state index contributed by atoms with van der Waals surface area (Å²) >= 11 is 5.98. The minimum atomic E-state index is -0.914. The molecule has 1 atom stereocenters. The second-order valence-corrected chi connectivity index (χ2v) is 8.19. The Kier molecular flexibility index (Phi) is 6.60. The van der Waals surface area contributed by atoms with E-state index in [0.29, 0.717) is 30.0 Å². The van der Waals surface area contributed by atoms with Crippen molar-refractivity contribution in [2.45, 2.75) is 37.6 Å². The predicted octanol–water partition coefficient (Wildman–Crippen LogP) is 4.56. The standard InChI is InChI=1S/C23H22ClFN4O4/c1-2-32-21(30)23(11-12-23)20-28-19(29-33-20)18(13-14-3-5-15(24)6-4-14)27-22(31)26-17-9-7-16(25)8-10-17/h3-10,18H,2,11-13H2,1H3,(H2,26,27,31)/t18-/m0/s1. The third kappa shape index (κ3) is 5.31. The SMILES string of the molecule is CCOC(=O)C1(c2nc([C@H](Cc3ccc(Cl)cc3)NC(=O)Nc3ccc(F)cc3)no2)CC1. The van der Waals surface area contributed by atoms with E-state index < -0.39 is 29.3 Å². The van der Waals surface area contributed by atoms with Crippen LogP contribution >= 0.6 is 11.6 Å². The van der Waals surface area contributed by atoms with Gasteiger partial charge in [0.1, 0.15) is 11.2 Å². The molecule has 2 N–H and O–H groups in total. The molecule has 2 aromatic carbocycles. The zero-order chi connectivity index (χ0) is 23.4. The first-order valence-electron chi connectivity index (χ1n) is 10.5. The molecule has 1 aromatic heterocycles. The zero-order valence-electron chi connectivity index (χ0n) is 17.8. The highest BCUT2D eigenvalue weighted by molar-refractivity contribution is 6.30. The number of nitrogens with one attached hydrogen (secondary N) is 2. The fourth-order valence-corrected chi connectivity index (χ4v) is 3.52. The van der Waals surface area contributed by atoms with Gasteiger partial charge < -0.3 is 19.9 Å². The van der Waals surface area contributed by atoms with Crippen LogP contribution < -0.4 is 10.6 Å². The van der Waals surface area contributed by atoms with Gasteiger partial charge in [0.15, 0.2) is 5.82 Å². The van der Waals surface area contributed by atoms with Crippen LogP contribution in [0.15, 0.2) is 53.1 Å². The molecule has 1 saturated carbocycles. The molecule has 0 saturated heterocycles. The molecule has 3 aromatic rings. The first kappa shape index (κ1) is 22.7. The number of rotatable bonds is 8. The Morgan fingerprint density at radius 3 is 2.52 bits per heavy atom. The molecule has 0 unspecified atom stereocenters. The molecule has 10 heteroatoms. The number of carbonyl (C=O) groups excluding carboxylic acids is 2. The van der Waals surface area contributed by atoms with Crippen molar-refractivity contribution < 1.29 is 23.2 Å². The number of aromatic nitrogens is 2. The van der Waals surface area contributed by atoms with Gasteiger partial charge in [-0.25, -0.2) is 9.18 Å². The first-order valence-corrected chi connectivity index (χ1v) is 10.9. The third-order valence-corrected chi connectivity index (χ3v) is 5.59. The molecule has 0 bridgehead atoms.